The average molecular weight is 219 g/mol. The minimum Gasteiger partial charge on any atom is -0.316 e. The van der Waals surface area contributed by atoms with Crippen molar-refractivity contribution in [2.75, 3.05) is 26.2 Å². The van der Waals surface area contributed by atoms with Gasteiger partial charge in [-0.3, -0.25) is 9.88 Å². The van der Waals surface area contributed by atoms with Crippen molar-refractivity contribution >= 4 is 0 Å². The lowest BCUT2D eigenvalue weighted by Crippen LogP contribution is -2.38. The van der Waals surface area contributed by atoms with Gasteiger partial charge in [0.1, 0.15) is 0 Å². The molecule has 1 aliphatic heterocycles. The summed E-state index contributed by atoms with van der Waals surface area (Å²) in [4.78, 5) is 6.61. The van der Waals surface area contributed by atoms with E-state index in [0.29, 0.717) is 0 Å². The van der Waals surface area contributed by atoms with Crippen molar-refractivity contribution in [3.8, 4) is 0 Å². The highest BCUT2D eigenvalue weighted by atomic mass is 15.1. The summed E-state index contributed by atoms with van der Waals surface area (Å²) in [5.41, 5.74) is 1.37. The number of pyridine rings is 1. The molecular formula is C13H21N3. The third-order valence-corrected chi connectivity index (χ3v) is 3.05. The second-order valence-electron chi connectivity index (χ2n) is 4.75. The molecule has 1 atom stereocenters. The molecule has 1 fully saturated rings. The number of hydrogen-bond donors (Lipinski definition) is 1. The fraction of sp³-hybridized carbons (Fsp3) is 0.615. The minimum atomic E-state index is 0.738. The smallest absolute Gasteiger partial charge is 0.0271 e. The maximum atomic E-state index is 4.06. The van der Waals surface area contributed by atoms with Crippen LogP contribution in [0.4, 0.5) is 0 Å². The Kier molecular flexibility index (Phi) is 4.31. The first-order valence-corrected chi connectivity index (χ1v) is 6.16. The zero-order valence-corrected chi connectivity index (χ0v) is 10.0. The van der Waals surface area contributed by atoms with Crippen LogP contribution in [0, 0.1) is 5.92 Å². The Morgan fingerprint density at radius 2 is 2.25 bits per heavy atom. The second kappa shape index (κ2) is 5.97. The first kappa shape index (κ1) is 11.6. The van der Waals surface area contributed by atoms with Crippen LogP contribution < -0.4 is 5.32 Å². The van der Waals surface area contributed by atoms with Crippen LogP contribution in [-0.2, 0) is 6.54 Å². The number of aromatic nitrogens is 1. The van der Waals surface area contributed by atoms with E-state index in [1.807, 2.05) is 12.4 Å². The molecule has 0 saturated carbocycles. The highest BCUT2D eigenvalue weighted by Crippen LogP contribution is 2.08. The molecule has 1 aromatic heterocycles. The molecule has 88 valence electrons. The second-order valence-corrected chi connectivity index (χ2v) is 4.75. The van der Waals surface area contributed by atoms with E-state index in [1.165, 1.54) is 25.1 Å². The van der Waals surface area contributed by atoms with E-state index in [-0.39, 0.29) is 0 Å². The monoisotopic (exact) mass is 219 g/mol. The first-order chi connectivity index (χ1) is 7.84. The summed E-state index contributed by atoms with van der Waals surface area (Å²) >= 11 is 0. The summed E-state index contributed by atoms with van der Waals surface area (Å²) in [6, 6.07) is 4.23. The van der Waals surface area contributed by atoms with Gasteiger partial charge in [0, 0.05) is 25.5 Å². The third-order valence-electron chi connectivity index (χ3n) is 3.05. The van der Waals surface area contributed by atoms with Crippen molar-refractivity contribution in [2.45, 2.75) is 19.9 Å². The quantitative estimate of drug-likeness (QED) is 0.817. The lowest BCUT2D eigenvalue weighted by atomic mass is 10.1. The summed E-state index contributed by atoms with van der Waals surface area (Å²) < 4.78 is 0. The summed E-state index contributed by atoms with van der Waals surface area (Å²) in [6.45, 7) is 8.06. The predicted octanol–water partition coefficient (Wildman–Crippen LogP) is 1.51. The third kappa shape index (κ3) is 3.58. The van der Waals surface area contributed by atoms with Crippen molar-refractivity contribution in [3.05, 3.63) is 30.1 Å². The van der Waals surface area contributed by atoms with Gasteiger partial charge in [-0.25, -0.2) is 0 Å². The molecule has 0 spiro atoms. The van der Waals surface area contributed by atoms with Crippen molar-refractivity contribution in [2.24, 2.45) is 5.92 Å². The molecule has 0 radical (unpaired) electrons. The molecule has 2 rings (SSSR count). The van der Waals surface area contributed by atoms with E-state index < -0.39 is 0 Å². The Morgan fingerprint density at radius 3 is 3.06 bits per heavy atom. The Hall–Kier alpha value is -0.930. The molecular weight excluding hydrogens is 198 g/mol. The van der Waals surface area contributed by atoms with Gasteiger partial charge < -0.3 is 5.32 Å². The Balaban J connectivity index is 1.91. The Labute approximate surface area is 97.9 Å². The van der Waals surface area contributed by atoms with Crippen LogP contribution in [0.5, 0.6) is 0 Å². The van der Waals surface area contributed by atoms with Crippen LogP contribution in [-0.4, -0.2) is 36.1 Å². The van der Waals surface area contributed by atoms with Crippen molar-refractivity contribution < 1.29 is 0 Å². The fourth-order valence-corrected chi connectivity index (χ4v) is 2.26. The molecule has 0 aromatic carbocycles. The maximum Gasteiger partial charge on any atom is 0.0271 e. The summed E-state index contributed by atoms with van der Waals surface area (Å²) in [5.74, 6) is 0.738. The van der Waals surface area contributed by atoms with Crippen LogP contribution >= 0.6 is 0 Å². The van der Waals surface area contributed by atoms with E-state index in [4.69, 9.17) is 0 Å². The van der Waals surface area contributed by atoms with E-state index in [0.717, 1.165) is 25.6 Å². The summed E-state index contributed by atoms with van der Waals surface area (Å²) in [5, 5.41) is 3.48. The Morgan fingerprint density at radius 1 is 1.44 bits per heavy atom. The molecule has 1 saturated heterocycles. The average Bonchev–Trinajstić information content (AvgIpc) is 2.27. The van der Waals surface area contributed by atoms with Crippen molar-refractivity contribution in [1.29, 1.82) is 0 Å². The fourth-order valence-electron chi connectivity index (χ4n) is 2.26. The highest BCUT2D eigenvalue weighted by molar-refractivity contribution is 5.09. The standard InChI is InChI=1S/C13H21N3/c1-12-9-15-5-2-8-16(10-12)11-13-3-6-14-7-4-13/h3-4,6-7,12,15H,2,5,8-11H2,1H3. The molecule has 0 amide bonds. The number of rotatable bonds is 2. The molecule has 1 N–H and O–H groups in total. The van der Waals surface area contributed by atoms with Crippen LogP contribution in [0.25, 0.3) is 0 Å². The largest absolute Gasteiger partial charge is 0.316 e. The molecule has 1 aliphatic rings. The Bertz CT molecular complexity index is 299. The SMILES string of the molecule is CC1CNCCCN(Cc2ccncc2)C1. The van der Waals surface area contributed by atoms with Gasteiger partial charge in [-0.05, 0) is 49.7 Å². The molecule has 3 heteroatoms. The first-order valence-electron chi connectivity index (χ1n) is 6.16. The van der Waals surface area contributed by atoms with Gasteiger partial charge in [0.2, 0.25) is 0 Å². The van der Waals surface area contributed by atoms with E-state index in [2.05, 4.69) is 34.3 Å². The molecule has 2 heterocycles. The number of nitrogens with one attached hydrogen (secondary N) is 1. The van der Waals surface area contributed by atoms with E-state index in [1.54, 1.807) is 0 Å². The van der Waals surface area contributed by atoms with Gasteiger partial charge in [0.25, 0.3) is 0 Å². The lowest BCUT2D eigenvalue weighted by Gasteiger charge is -2.28. The zero-order valence-electron chi connectivity index (χ0n) is 10.0. The van der Waals surface area contributed by atoms with Crippen molar-refractivity contribution in [1.82, 2.24) is 15.2 Å². The van der Waals surface area contributed by atoms with Gasteiger partial charge >= 0.3 is 0 Å². The van der Waals surface area contributed by atoms with Gasteiger partial charge in [0.15, 0.2) is 0 Å². The normalized spacial score (nSPS) is 23.7. The van der Waals surface area contributed by atoms with Gasteiger partial charge in [-0.1, -0.05) is 6.92 Å². The minimum absolute atomic E-state index is 0.738. The zero-order chi connectivity index (χ0) is 11.2. The molecule has 1 unspecified atom stereocenters. The summed E-state index contributed by atoms with van der Waals surface area (Å²) in [7, 11) is 0. The molecule has 16 heavy (non-hydrogen) atoms. The highest BCUT2D eigenvalue weighted by Gasteiger charge is 2.13. The predicted molar refractivity (Wildman–Crippen MR) is 66.2 cm³/mol. The van der Waals surface area contributed by atoms with Crippen LogP contribution in [0.2, 0.25) is 0 Å². The van der Waals surface area contributed by atoms with Crippen LogP contribution in [0.3, 0.4) is 0 Å². The number of hydrogen-bond acceptors (Lipinski definition) is 3. The summed E-state index contributed by atoms with van der Waals surface area (Å²) in [6.07, 6.45) is 5.01. The van der Waals surface area contributed by atoms with E-state index in [9.17, 15) is 0 Å². The van der Waals surface area contributed by atoms with Crippen LogP contribution in [0.1, 0.15) is 18.9 Å². The maximum absolute atomic E-state index is 4.06. The number of nitrogens with zero attached hydrogens (tertiary/aromatic N) is 2. The lowest BCUT2D eigenvalue weighted by molar-refractivity contribution is 0.209. The van der Waals surface area contributed by atoms with Gasteiger partial charge in [0.05, 0.1) is 0 Å². The molecule has 3 nitrogen and oxygen atoms in total. The topological polar surface area (TPSA) is 28.2 Å². The van der Waals surface area contributed by atoms with E-state index >= 15 is 0 Å². The van der Waals surface area contributed by atoms with Gasteiger partial charge in [-0.2, -0.15) is 0 Å². The van der Waals surface area contributed by atoms with Gasteiger partial charge in [-0.15, -0.1) is 0 Å². The molecule has 1 aromatic rings. The molecule has 0 bridgehead atoms. The van der Waals surface area contributed by atoms with Crippen molar-refractivity contribution in [3.63, 3.8) is 0 Å². The van der Waals surface area contributed by atoms with Crippen LogP contribution in [0.15, 0.2) is 24.5 Å². The molecule has 0 aliphatic carbocycles.